The van der Waals surface area contributed by atoms with Crippen molar-refractivity contribution in [3.8, 4) is 6.07 Å². The lowest BCUT2D eigenvalue weighted by molar-refractivity contribution is 0.0285. The molecule has 0 spiro atoms. The Labute approximate surface area is 109 Å². The number of ether oxygens (including phenoxy) is 1. The quantitative estimate of drug-likeness (QED) is 0.819. The molecule has 0 aliphatic carbocycles. The maximum absolute atomic E-state index is 8.86. The van der Waals surface area contributed by atoms with Crippen molar-refractivity contribution in [1.29, 1.82) is 5.26 Å². The van der Waals surface area contributed by atoms with E-state index in [0.717, 1.165) is 25.2 Å². The van der Waals surface area contributed by atoms with Gasteiger partial charge in [0.25, 0.3) is 0 Å². The van der Waals surface area contributed by atoms with Gasteiger partial charge in [-0.15, -0.1) is 0 Å². The summed E-state index contributed by atoms with van der Waals surface area (Å²) in [6.45, 7) is 5.18. The molecule has 1 saturated heterocycles. The van der Waals surface area contributed by atoms with E-state index in [9.17, 15) is 0 Å². The second kappa shape index (κ2) is 5.99. The predicted octanol–water partition coefficient (Wildman–Crippen LogP) is 2.48. The summed E-state index contributed by atoms with van der Waals surface area (Å²) in [7, 11) is 1.79. The number of hydrogen-bond donors (Lipinski definition) is 0. The number of methoxy groups -OCH3 is 1. The maximum Gasteiger partial charge on any atom is 0.0991 e. The smallest absolute Gasteiger partial charge is 0.0991 e. The zero-order valence-electron chi connectivity index (χ0n) is 11.1. The highest BCUT2D eigenvalue weighted by Gasteiger charge is 2.19. The van der Waals surface area contributed by atoms with E-state index in [4.69, 9.17) is 10.00 Å². The molecule has 1 aliphatic heterocycles. The molecule has 1 fully saturated rings. The van der Waals surface area contributed by atoms with E-state index in [1.165, 1.54) is 24.0 Å². The highest BCUT2D eigenvalue weighted by molar-refractivity contribution is 5.37. The van der Waals surface area contributed by atoms with E-state index in [2.05, 4.69) is 24.0 Å². The normalized spacial score (nSPS) is 20.6. The Morgan fingerprint density at radius 3 is 3.00 bits per heavy atom. The fourth-order valence-electron chi connectivity index (χ4n) is 2.53. The minimum absolute atomic E-state index is 0.373. The standard InChI is InChI=1S/C15H20N2O/c1-12-8-13(9-16)5-6-14(12)10-17-7-3-4-15(11-17)18-2/h5-6,8,15H,3-4,7,10-11H2,1-2H3. The lowest BCUT2D eigenvalue weighted by Crippen LogP contribution is -2.38. The first-order valence-corrected chi connectivity index (χ1v) is 6.47. The van der Waals surface area contributed by atoms with Gasteiger partial charge in [0, 0.05) is 20.2 Å². The number of likely N-dealkylation sites (tertiary alicyclic amines) is 1. The molecule has 1 unspecified atom stereocenters. The molecule has 2 rings (SSSR count). The monoisotopic (exact) mass is 244 g/mol. The topological polar surface area (TPSA) is 36.3 Å². The van der Waals surface area contributed by atoms with Gasteiger partial charge >= 0.3 is 0 Å². The van der Waals surface area contributed by atoms with Crippen LogP contribution in [0.4, 0.5) is 0 Å². The fourth-order valence-corrected chi connectivity index (χ4v) is 2.53. The van der Waals surface area contributed by atoms with Crippen LogP contribution < -0.4 is 0 Å². The lowest BCUT2D eigenvalue weighted by Gasteiger charge is -2.32. The van der Waals surface area contributed by atoms with Crippen molar-refractivity contribution in [2.75, 3.05) is 20.2 Å². The van der Waals surface area contributed by atoms with Crippen LogP contribution in [0.3, 0.4) is 0 Å². The van der Waals surface area contributed by atoms with Crippen molar-refractivity contribution in [3.05, 3.63) is 34.9 Å². The highest BCUT2D eigenvalue weighted by Crippen LogP contribution is 2.18. The molecule has 1 atom stereocenters. The van der Waals surface area contributed by atoms with Crippen molar-refractivity contribution in [2.24, 2.45) is 0 Å². The third-order valence-electron chi connectivity index (χ3n) is 3.66. The van der Waals surface area contributed by atoms with Gasteiger partial charge in [0.1, 0.15) is 0 Å². The van der Waals surface area contributed by atoms with Gasteiger partial charge < -0.3 is 4.74 Å². The van der Waals surface area contributed by atoms with Gasteiger partial charge in [-0.2, -0.15) is 5.26 Å². The molecule has 1 aromatic carbocycles. The molecule has 0 radical (unpaired) electrons. The second-order valence-electron chi connectivity index (χ2n) is 4.99. The molecule has 1 aromatic rings. The summed E-state index contributed by atoms with van der Waals surface area (Å²) in [6.07, 6.45) is 2.74. The fraction of sp³-hybridized carbons (Fsp3) is 0.533. The average molecular weight is 244 g/mol. The molecule has 1 aliphatic rings. The second-order valence-corrected chi connectivity index (χ2v) is 4.99. The molecule has 3 heteroatoms. The van der Waals surface area contributed by atoms with Crippen LogP contribution in [-0.2, 0) is 11.3 Å². The molecule has 96 valence electrons. The minimum Gasteiger partial charge on any atom is -0.380 e. The zero-order chi connectivity index (χ0) is 13.0. The van der Waals surface area contributed by atoms with Gasteiger partial charge in [-0.05, 0) is 49.6 Å². The number of aryl methyl sites for hydroxylation is 1. The molecule has 0 aromatic heterocycles. The summed E-state index contributed by atoms with van der Waals surface area (Å²) in [4.78, 5) is 2.44. The summed E-state index contributed by atoms with van der Waals surface area (Å²) in [6, 6.07) is 8.12. The predicted molar refractivity (Wildman–Crippen MR) is 71.2 cm³/mol. The van der Waals surface area contributed by atoms with Crippen LogP contribution in [-0.4, -0.2) is 31.2 Å². The molecule has 0 amide bonds. The van der Waals surface area contributed by atoms with Crippen molar-refractivity contribution in [3.63, 3.8) is 0 Å². The zero-order valence-corrected chi connectivity index (χ0v) is 11.1. The number of nitrogens with zero attached hydrogens (tertiary/aromatic N) is 2. The van der Waals surface area contributed by atoms with E-state index < -0.39 is 0 Å². The van der Waals surface area contributed by atoms with Crippen LogP contribution in [0.25, 0.3) is 0 Å². The Balaban J connectivity index is 2.03. The van der Waals surface area contributed by atoms with Gasteiger partial charge in [-0.3, -0.25) is 4.90 Å². The lowest BCUT2D eigenvalue weighted by atomic mass is 10.0. The number of hydrogen-bond acceptors (Lipinski definition) is 3. The van der Waals surface area contributed by atoms with Crippen molar-refractivity contribution in [2.45, 2.75) is 32.4 Å². The van der Waals surface area contributed by atoms with E-state index in [1.807, 2.05) is 12.1 Å². The Kier molecular flexibility index (Phi) is 4.35. The summed E-state index contributed by atoms with van der Waals surface area (Å²) < 4.78 is 5.44. The van der Waals surface area contributed by atoms with Crippen molar-refractivity contribution >= 4 is 0 Å². The van der Waals surface area contributed by atoms with Crippen molar-refractivity contribution < 1.29 is 4.74 Å². The third-order valence-corrected chi connectivity index (χ3v) is 3.66. The Morgan fingerprint density at radius 1 is 1.50 bits per heavy atom. The number of benzene rings is 1. The number of nitriles is 1. The first kappa shape index (κ1) is 13.1. The van der Waals surface area contributed by atoms with Crippen LogP contribution in [0.2, 0.25) is 0 Å². The Hall–Kier alpha value is -1.37. The van der Waals surface area contributed by atoms with Gasteiger partial charge in [0.2, 0.25) is 0 Å². The van der Waals surface area contributed by atoms with Crippen molar-refractivity contribution in [1.82, 2.24) is 4.90 Å². The SMILES string of the molecule is COC1CCCN(Cc2ccc(C#N)cc2C)C1. The average Bonchev–Trinajstić information content (AvgIpc) is 2.41. The molecule has 18 heavy (non-hydrogen) atoms. The summed E-state index contributed by atoms with van der Waals surface area (Å²) in [5.41, 5.74) is 3.25. The first-order chi connectivity index (χ1) is 8.72. The van der Waals surface area contributed by atoms with Crippen LogP contribution in [0.1, 0.15) is 29.5 Å². The van der Waals surface area contributed by atoms with E-state index >= 15 is 0 Å². The molecular weight excluding hydrogens is 224 g/mol. The summed E-state index contributed by atoms with van der Waals surface area (Å²) in [5.74, 6) is 0. The molecule has 1 heterocycles. The van der Waals surface area contributed by atoms with Crippen LogP contribution in [0.5, 0.6) is 0 Å². The van der Waals surface area contributed by atoms with E-state index in [-0.39, 0.29) is 0 Å². The molecule has 0 bridgehead atoms. The number of piperidine rings is 1. The van der Waals surface area contributed by atoms with Gasteiger partial charge in [-0.25, -0.2) is 0 Å². The highest BCUT2D eigenvalue weighted by atomic mass is 16.5. The summed E-state index contributed by atoms with van der Waals surface area (Å²) in [5, 5.41) is 8.86. The van der Waals surface area contributed by atoms with Gasteiger partial charge in [-0.1, -0.05) is 6.07 Å². The minimum atomic E-state index is 0.373. The summed E-state index contributed by atoms with van der Waals surface area (Å²) >= 11 is 0. The van der Waals surface area contributed by atoms with E-state index in [1.54, 1.807) is 7.11 Å². The molecule has 0 N–H and O–H groups in total. The number of rotatable bonds is 3. The van der Waals surface area contributed by atoms with Gasteiger partial charge in [0.05, 0.1) is 17.7 Å². The third kappa shape index (κ3) is 3.10. The Morgan fingerprint density at radius 2 is 2.33 bits per heavy atom. The largest absolute Gasteiger partial charge is 0.380 e. The van der Waals surface area contributed by atoms with Crippen LogP contribution in [0, 0.1) is 18.3 Å². The maximum atomic E-state index is 8.86. The molecular formula is C15H20N2O. The molecule has 0 saturated carbocycles. The first-order valence-electron chi connectivity index (χ1n) is 6.47. The van der Waals surface area contributed by atoms with E-state index in [0.29, 0.717) is 6.10 Å². The van der Waals surface area contributed by atoms with Gasteiger partial charge in [0.15, 0.2) is 0 Å². The Bertz CT molecular complexity index is 450. The molecule has 3 nitrogen and oxygen atoms in total. The van der Waals surface area contributed by atoms with Crippen LogP contribution >= 0.6 is 0 Å². The van der Waals surface area contributed by atoms with Crippen LogP contribution in [0.15, 0.2) is 18.2 Å².